The molecule has 2 atom stereocenters. The van der Waals surface area contributed by atoms with Crippen molar-refractivity contribution >= 4 is 27.4 Å². The van der Waals surface area contributed by atoms with Gasteiger partial charge in [0, 0.05) is 25.1 Å². The first-order valence-electron chi connectivity index (χ1n) is 8.16. The summed E-state index contributed by atoms with van der Waals surface area (Å²) in [5.74, 6) is 1.61. The van der Waals surface area contributed by atoms with Crippen LogP contribution in [0.3, 0.4) is 0 Å². The van der Waals surface area contributed by atoms with Gasteiger partial charge in [-0.3, -0.25) is 4.90 Å². The molecule has 2 aliphatic rings. The summed E-state index contributed by atoms with van der Waals surface area (Å²) in [5, 5.41) is 6.80. The quantitative estimate of drug-likeness (QED) is 0.918. The lowest BCUT2D eigenvalue weighted by molar-refractivity contribution is 0.142. The van der Waals surface area contributed by atoms with E-state index >= 15 is 0 Å². The summed E-state index contributed by atoms with van der Waals surface area (Å²) < 4.78 is 5.63. The summed E-state index contributed by atoms with van der Waals surface area (Å²) in [6.07, 6.45) is 5.49. The Kier molecular flexibility index (Phi) is 4.23. The van der Waals surface area contributed by atoms with E-state index in [0.717, 1.165) is 35.8 Å². The van der Waals surface area contributed by atoms with Gasteiger partial charge in [0.25, 0.3) is 0 Å². The van der Waals surface area contributed by atoms with E-state index in [4.69, 9.17) is 4.74 Å². The summed E-state index contributed by atoms with van der Waals surface area (Å²) >= 11 is 1.66. The summed E-state index contributed by atoms with van der Waals surface area (Å²) in [6, 6.07) is 2.65. The summed E-state index contributed by atoms with van der Waals surface area (Å²) in [7, 11) is 0. The molecule has 2 aromatic rings. The maximum absolute atomic E-state index is 5.63. The van der Waals surface area contributed by atoms with Gasteiger partial charge in [0.15, 0.2) is 0 Å². The number of nitrogens with one attached hydrogen (secondary N) is 1. The lowest BCUT2D eigenvalue weighted by atomic mass is 9.97. The Morgan fingerprint density at radius 2 is 2.27 bits per heavy atom. The second-order valence-electron chi connectivity index (χ2n) is 6.18. The number of hydrogen-bond donors (Lipinski definition) is 1. The second kappa shape index (κ2) is 6.48. The summed E-state index contributed by atoms with van der Waals surface area (Å²) in [4.78, 5) is 12.5. The normalized spacial score (nSPS) is 24.1. The lowest BCUT2D eigenvalue weighted by Crippen LogP contribution is -2.44. The molecular weight excluding hydrogens is 296 g/mol. The van der Waals surface area contributed by atoms with Crippen LogP contribution >= 0.6 is 11.3 Å². The summed E-state index contributed by atoms with van der Waals surface area (Å²) in [5.41, 5.74) is 0. The van der Waals surface area contributed by atoms with Crippen molar-refractivity contribution in [3.63, 3.8) is 0 Å². The third-order valence-corrected chi connectivity index (χ3v) is 5.68. The maximum atomic E-state index is 5.63. The molecule has 2 fully saturated rings. The molecule has 2 aromatic heterocycles. The highest BCUT2D eigenvalue weighted by Crippen LogP contribution is 2.27. The molecule has 0 saturated carbocycles. The largest absolute Gasteiger partial charge is 0.381 e. The molecule has 4 heterocycles. The lowest BCUT2D eigenvalue weighted by Gasteiger charge is -2.32. The van der Waals surface area contributed by atoms with E-state index in [-0.39, 0.29) is 0 Å². The molecule has 4 rings (SSSR count). The first kappa shape index (κ1) is 14.4. The zero-order valence-corrected chi connectivity index (χ0v) is 13.5. The molecule has 118 valence electrons. The van der Waals surface area contributed by atoms with Crippen LogP contribution in [0.15, 0.2) is 17.8 Å². The zero-order valence-electron chi connectivity index (χ0n) is 12.7. The fraction of sp³-hybridized carbons (Fsp3) is 0.625. The average Bonchev–Trinajstić information content (AvgIpc) is 3.30. The van der Waals surface area contributed by atoms with Gasteiger partial charge in [-0.1, -0.05) is 0 Å². The minimum absolute atomic E-state index is 0.550. The third kappa shape index (κ3) is 2.83. The van der Waals surface area contributed by atoms with Crippen molar-refractivity contribution in [1.29, 1.82) is 0 Å². The SMILES string of the molecule is c1nc(NC[C@H]([C@H]2CCOC2)N2CCCC2)c2ccsc2n1. The van der Waals surface area contributed by atoms with Crippen molar-refractivity contribution in [2.75, 3.05) is 38.2 Å². The van der Waals surface area contributed by atoms with Gasteiger partial charge >= 0.3 is 0 Å². The van der Waals surface area contributed by atoms with Gasteiger partial charge in [0.05, 0.1) is 12.0 Å². The van der Waals surface area contributed by atoms with Crippen molar-refractivity contribution < 1.29 is 4.74 Å². The Labute approximate surface area is 134 Å². The Morgan fingerprint density at radius 1 is 1.36 bits per heavy atom. The van der Waals surface area contributed by atoms with Gasteiger partial charge in [0.1, 0.15) is 17.0 Å². The van der Waals surface area contributed by atoms with E-state index < -0.39 is 0 Å². The zero-order chi connectivity index (χ0) is 14.8. The Morgan fingerprint density at radius 3 is 3.09 bits per heavy atom. The number of thiophene rings is 1. The fourth-order valence-electron chi connectivity index (χ4n) is 3.66. The standard InChI is InChI=1S/C16H22N4OS/c1-2-6-20(5-1)14(12-3-7-21-10-12)9-17-15-13-4-8-22-16(13)19-11-18-15/h4,8,11-12,14H,1-3,5-7,9-10H2,(H,17,18,19)/t12-,14+/m0/s1. The molecule has 0 aromatic carbocycles. The number of likely N-dealkylation sites (tertiary alicyclic amines) is 1. The summed E-state index contributed by atoms with van der Waals surface area (Å²) in [6.45, 7) is 5.20. The molecule has 1 N–H and O–H groups in total. The topological polar surface area (TPSA) is 50.3 Å². The second-order valence-corrected chi connectivity index (χ2v) is 7.07. The molecule has 22 heavy (non-hydrogen) atoms. The van der Waals surface area contributed by atoms with Crippen LogP contribution in [0.5, 0.6) is 0 Å². The number of ether oxygens (including phenoxy) is 1. The van der Waals surface area contributed by atoms with Gasteiger partial charge in [-0.2, -0.15) is 0 Å². The molecule has 2 aliphatic heterocycles. The molecule has 0 radical (unpaired) electrons. The number of nitrogens with zero attached hydrogens (tertiary/aromatic N) is 3. The minimum atomic E-state index is 0.550. The minimum Gasteiger partial charge on any atom is -0.381 e. The van der Waals surface area contributed by atoms with Gasteiger partial charge < -0.3 is 10.1 Å². The molecule has 6 heteroatoms. The van der Waals surface area contributed by atoms with Crippen LogP contribution in [0.25, 0.3) is 10.2 Å². The van der Waals surface area contributed by atoms with Crippen molar-refractivity contribution in [3.05, 3.63) is 17.8 Å². The van der Waals surface area contributed by atoms with Crippen LogP contribution in [0.4, 0.5) is 5.82 Å². The van der Waals surface area contributed by atoms with Gasteiger partial charge in [-0.15, -0.1) is 11.3 Å². The third-order valence-electron chi connectivity index (χ3n) is 4.86. The molecule has 0 unspecified atom stereocenters. The fourth-order valence-corrected chi connectivity index (χ4v) is 4.39. The van der Waals surface area contributed by atoms with E-state index in [1.165, 1.54) is 32.4 Å². The number of anilines is 1. The van der Waals surface area contributed by atoms with Crippen molar-refractivity contribution in [2.45, 2.75) is 25.3 Å². The van der Waals surface area contributed by atoms with Crippen molar-refractivity contribution in [2.24, 2.45) is 5.92 Å². The molecular formula is C16H22N4OS. The predicted molar refractivity (Wildman–Crippen MR) is 89.4 cm³/mol. The van der Waals surface area contributed by atoms with Gasteiger partial charge in [-0.05, 0) is 43.8 Å². The monoisotopic (exact) mass is 318 g/mol. The number of fused-ring (bicyclic) bond motifs is 1. The number of rotatable bonds is 5. The molecule has 5 nitrogen and oxygen atoms in total. The van der Waals surface area contributed by atoms with E-state index in [9.17, 15) is 0 Å². The van der Waals surface area contributed by atoms with Crippen molar-refractivity contribution in [1.82, 2.24) is 14.9 Å². The highest BCUT2D eigenvalue weighted by atomic mass is 32.1. The van der Waals surface area contributed by atoms with E-state index in [1.807, 2.05) is 0 Å². The van der Waals surface area contributed by atoms with E-state index in [2.05, 4.69) is 31.6 Å². The molecule has 2 saturated heterocycles. The van der Waals surface area contributed by atoms with Gasteiger partial charge in [0.2, 0.25) is 0 Å². The van der Waals surface area contributed by atoms with E-state index in [0.29, 0.717) is 12.0 Å². The van der Waals surface area contributed by atoms with Gasteiger partial charge in [-0.25, -0.2) is 9.97 Å². The van der Waals surface area contributed by atoms with Crippen LogP contribution in [-0.2, 0) is 4.74 Å². The maximum Gasteiger partial charge on any atom is 0.138 e. The Hall–Kier alpha value is -1.24. The highest BCUT2D eigenvalue weighted by Gasteiger charge is 2.31. The molecule has 0 amide bonds. The first-order chi connectivity index (χ1) is 10.9. The number of aromatic nitrogens is 2. The predicted octanol–water partition coefficient (Wildman–Crippen LogP) is 2.60. The molecule has 0 bridgehead atoms. The van der Waals surface area contributed by atoms with Crippen molar-refractivity contribution in [3.8, 4) is 0 Å². The molecule has 0 aliphatic carbocycles. The van der Waals surface area contributed by atoms with Crippen LogP contribution in [0.1, 0.15) is 19.3 Å². The Bertz CT molecular complexity index is 603. The molecule has 0 spiro atoms. The highest BCUT2D eigenvalue weighted by molar-refractivity contribution is 7.16. The number of hydrogen-bond acceptors (Lipinski definition) is 6. The van der Waals surface area contributed by atoms with Crippen LogP contribution in [0.2, 0.25) is 0 Å². The van der Waals surface area contributed by atoms with Crippen LogP contribution in [-0.4, -0.2) is 53.8 Å². The first-order valence-corrected chi connectivity index (χ1v) is 9.03. The van der Waals surface area contributed by atoms with Crippen LogP contribution in [0, 0.1) is 5.92 Å². The smallest absolute Gasteiger partial charge is 0.138 e. The van der Waals surface area contributed by atoms with Crippen LogP contribution < -0.4 is 5.32 Å². The average molecular weight is 318 g/mol. The Balaban J connectivity index is 1.50. The van der Waals surface area contributed by atoms with E-state index in [1.54, 1.807) is 17.7 Å².